The highest BCUT2D eigenvalue weighted by molar-refractivity contribution is 5.28. The van der Waals surface area contributed by atoms with E-state index in [1.54, 1.807) is 6.20 Å². The van der Waals surface area contributed by atoms with Crippen LogP contribution < -0.4 is 5.32 Å². The summed E-state index contributed by atoms with van der Waals surface area (Å²) >= 11 is 0. The van der Waals surface area contributed by atoms with Crippen molar-refractivity contribution in [2.75, 3.05) is 5.32 Å². The zero-order valence-electron chi connectivity index (χ0n) is 4.29. The molecule has 8 heavy (non-hydrogen) atoms. The number of oxazole rings is 1. The number of hydrogen-bond donors (Lipinski definition) is 1. The van der Waals surface area contributed by atoms with E-state index in [4.69, 9.17) is 4.42 Å². The third kappa shape index (κ3) is 0.872. The first-order valence-electron chi connectivity index (χ1n) is 2.19. The first-order chi connectivity index (χ1) is 3.93. The highest BCUT2D eigenvalue weighted by atomic mass is 16.4. The van der Waals surface area contributed by atoms with Crippen molar-refractivity contribution in [3.05, 3.63) is 25.4 Å². The second-order valence-corrected chi connectivity index (χ2v) is 1.21. The van der Waals surface area contributed by atoms with Crippen molar-refractivity contribution in [2.24, 2.45) is 0 Å². The fourth-order valence-corrected chi connectivity index (χ4v) is 0.388. The average molecular weight is 110 g/mol. The van der Waals surface area contributed by atoms with Crippen molar-refractivity contribution >= 4 is 5.88 Å². The smallest absolute Gasteiger partial charge is 0.217 e. The van der Waals surface area contributed by atoms with E-state index in [0.717, 1.165) is 0 Å². The van der Waals surface area contributed by atoms with Gasteiger partial charge in [0.15, 0.2) is 6.39 Å². The van der Waals surface area contributed by atoms with Crippen LogP contribution >= 0.6 is 0 Å². The molecule has 0 aliphatic heterocycles. The molecule has 0 unspecified atom stereocenters. The number of nitrogens with zero attached hydrogens (tertiary/aromatic N) is 1. The average Bonchev–Trinajstić information content (AvgIpc) is 2.19. The Bertz CT molecular complexity index is 157. The zero-order valence-corrected chi connectivity index (χ0v) is 4.29. The molecule has 0 fully saturated rings. The minimum atomic E-state index is 0.611. The zero-order chi connectivity index (χ0) is 5.82. The van der Waals surface area contributed by atoms with Gasteiger partial charge in [0.05, 0.1) is 6.20 Å². The largest absolute Gasteiger partial charge is 0.428 e. The molecule has 0 atom stereocenters. The normalized spacial score (nSPS) is 8.50. The summed E-state index contributed by atoms with van der Waals surface area (Å²) in [5.74, 6) is 0.611. The number of aromatic nitrogens is 1. The molecule has 3 heteroatoms. The van der Waals surface area contributed by atoms with E-state index < -0.39 is 0 Å². The van der Waals surface area contributed by atoms with Crippen LogP contribution in [0, 0.1) is 0 Å². The predicted molar refractivity (Wildman–Crippen MR) is 30.3 cm³/mol. The van der Waals surface area contributed by atoms with Crippen molar-refractivity contribution in [3.63, 3.8) is 0 Å². The Morgan fingerprint density at radius 1 is 1.88 bits per heavy atom. The Morgan fingerprint density at radius 3 is 3.25 bits per heavy atom. The number of rotatable bonds is 2. The van der Waals surface area contributed by atoms with Crippen LogP contribution in [0.25, 0.3) is 0 Å². The maximum absolute atomic E-state index is 4.78. The number of anilines is 1. The van der Waals surface area contributed by atoms with Crippen LogP contribution in [0.2, 0.25) is 0 Å². The van der Waals surface area contributed by atoms with Crippen LogP contribution in [0.1, 0.15) is 0 Å². The summed E-state index contributed by atoms with van der Waals surface area (Å²) in [4.78, 5) is 3.66. The van der Waals surface area contributed by atoms with Gasteiger partial charge in [0.1, 0.15) is 0 Å². The highest BCUT2D eigenvalue weighted by Gasteiger charge is 1.85. The van der Waals surface area contributed by atoms with E-state index >= 15 is 0 Å². The molecule has 0 saturated heterocycles. The van der Waals surface area contributed by atoms with Gasteiger partial charge in [0, 0.05) is 0 Å². The molecular formula is C5H6N2O. The summed E-state index contributed by atoms with van der Waals surface area (Å²) in [6.07, 6.45) is 4.45. The highest BCUT2D eigenvalue weighted by Crippen LogP contribution is 2.01. The van der Waals surface area contributed by atoms with Gasteiger partial charge in [-0.05, 0) is 6.20 Å². The lowest BCUT2D eigenvalue weighted by atomic mass is 10.8. The Labute approximate surface area is 47.0 Å². The molecule has 1 aromatic heterocycles. The summed E-state index contributed by atoms with van der Waals surface area (Å²) in [7, 11) is 0. The summed E-state index contributed by atoms with van der Waals surface area (Å²) in [6.45, 7) is 3.44. The number of hydrogen-bond acceptors (Lipinski definition) is 3. The van der Waals surface area contributed by atoms with Gasteiger partial charge in [-0.15, -0.1) is 0 Å². The Morgan fingerprint density at radius 2 is 2.75 bits per heavy atom. The van der Waals surface area contributed by atoms with Crippen molar-refractivity contribution in [1.29, 1.82) is 0 Å². The third-order valence-electron chi connectivity index (χ3n) is 0.677. The monoisotopic (exact) mass is 110 g/mol. The van der Waals surface area contributed by atoms with Crippen molar-refractivity contribution < 1.29 is 4.42 Å². The van der Waals surface area contributed by atoms with Crippen LogP contribution in [0.3, 0.4) is 0 Å². The molecule has 0 saturated carbocycles. The van der Waals surface area contributed by atoms with Crippen LogP contribution in [0.5, 0.6) is 0 Å². The lowest BCUT2D eigenvalue weighted by Gasteiger charge is -1.86. The predicted octanol–water partition coefficient (Wildman–Crippen LogP) is 1.23. The molecule has 0 aromatic carbocycles. The van der Waals surface area contributed by atoms with E-state index in [9.17, 15) is 0 Å². The second-order valence-electron chi connectivity index (χ2n) is 1.21. The molecular weight excluding hydrogens is 104 g/mol. The fraction of sp³-hybridized carbons (Fsp3) is 0. The molecule has 0 aliphatic carbocycles. The number of nitrogens with one attached hydrogen (secondary N) is 1. The topological polar surface area (TPSA) is 38.1 Å². The molecule has 1 N–H and O–H groups in total. The van der Waals surface area contributed by atoms with Gasteiger partial charge in [-0.2, -0.15) is 0 Å². The summed E-state index contributed by atoms with van der Waals surface area (Å²) in [5, 5.41) is 2.72. The Balaban J connectivity index is 2.62. The first kappa shape index (κ1) is 4.90. The summed E-state index contributed by atoms with van der Waals surface area (Å²) in [5.41, 5.74) is 0. The minimum absolute atomic E-state index is 0.611. The molecule has 3 nitrogen and oxygen atoms in total. The lowest BCUT2D eigenvalue weighted by molar-refractivity contribution is 0.574. The Hall–Kier alpha value is -1.25. The third-order valence-corrected chi connectivity index (χ3v) is 0.677. The van der Waals surface area contributed by atoms with Gasteiger partial charge < -0.3 is 9.73 Å². The van der Waals surface area contributed by atoms with E-state index in [0.29, 0.717) is 5.88 Å². The van der Waals surface area contributed by atoms with Crippen molar-refractivity contribution in [1.82, 2.24) is 4.98 Å². The standard InChI is InChI=1S/C5H6N2O/c1-2-7-5-3-6-4-8-5/h2-4,7H,1H2. The van der Waals surface area contributed by atoms with E-state index in [1.165, 1.54) is 12.6 Å². The quantitative estimate of drug-likeness (QED) is 0.622. The van der Waals surface area contributed by atoms with Crippen LogP contribution in [0.4, 0.5) is 5.88 Å². The lowest BCUT2D eigenvalue weighted by Crippen LogP contribution is -1.79. The second kappa shape index (κ2) is 2.16. The molecule has 0 radical (unpaired) electrons. The van der Waals surface area contributed by atoms with Gasteiger partial charge in [0.25, 0.3) is 0 Å². The molecule has 1 rings (SSSR count). The molecule has 1 heterocycles. The van der Waals surface area contributed by atoms with Crippen LogP contribution in [-0.2, 0) is 0 Å². The van der Waals surface area contributed by atoms with Gasteiger partial charge >= 0.3 is 0 Å². The van der Waals surface area contributed by atoms with Crippen molar-refractivity contribution in [3.8, 4) is 0 Å². The van der Waals surface area contributed by atoms with E-state index in [-0.39, 0.29) is 0 Å². The van der Waals surface area contributed by atoms with Crippen LogP contribution in [0.15, 0.2) is 29.8 Å². The molecule has 0 bridgehead atoms. The molecule has 0 spiro atoms. The van der Waals surface area contributed by atoms with Gasteiger partial charge in [-0.25, -0.2) is 4.98 Å². The van der Waals surface area contributed by atoms with Crippen molar-refractivity contribution in [2.45, 2.75) is 0 Å². The molecule has 42 valence electrons. The summed E-state index contributed by atoms with van der Waals surface area (Å²) in [6, 6.07) is 0. The van der Waals surface area contributed by atoms with Crippen LogP contribution in [-0.4, -0.2) is 4.98 Å². The fourth-order valence-electron chi connectivity index (χ4n) is 0.388. The molecule has 0 aliphatic rings. The molecule has 1 aromatic rings. The SMILES string of the molecule is C=CNc1cnco1. The van der Waals surface area contributed by atoms with Gasteiger partial charge in [-0.1, -0.05) is 6.58 Å². The molecule has 0 amide bonds. The van der Waals surface area contributed by atoms with Gasteiger partial charge in [0.2, 0.25) is 5.88 Å². The Kier molecular flexibility index (Phi) is 1.32. The first-order valence-corrected chi connectivity index (χ1v) is 2.19. The maximum atomic E-state index is 4.78. The minimum Gasteiger partial charge on any atom is -0.428 e. The van der Waals surface area contributed by atoms with Gasteiger partial charge in [-0.3, -0.25) is 0 Å². The van der Waals surface area contributed by atoms with E-state index in [2.05, 4.69) is 16.9 Å². The summed E-state index contributed by atoms with van der Waals surface area (Å²) < 4.78 is 4.78. The maximum Gasteiger partial charge on any atom is 0.217 e. The van der Waals surface area contributed by atoms with E-state index in [1.807, 2.05) is 0 Å².